The fraction of sp³-hybridized carbons (Fsp3) is 0.269. The van der Waals surface area contributed by atoms with Gasteiger partial charge in [0.25, 0.3) is 0 Å². The molecule has 1 aliphatic rings. The number of fused-ring (bicyclic) bond motifs is 1. The van der Waals surface area contributed by atoms with E-state index in [0.717, 1.165) is 27.7 Å². The van der Waals surface area contributed by atoms with Crippen molar-refractivity contribution < 1.29 is 18.6 Å². The Morgan fingerprint density at radius 3 is 2.30 bits per heavy atom. The molecule has 0 radical (unpaired) electrons. The fourth-order valence-electron chi connectivity index (χ4n) is 4.53. The van der Waals surface area contributed by atoms with Crippen molar-refractivity contribution in [3.63, 3.8) is 0 Å². The first kappa shape index (κ1) is 21.7. The molecule has 5 nitrogen and oxygen atoms in total. The number of imidazole rings is 1. The molecule has 5 rings (SSSR count). The molecule has 33 heavy (non-hydrogen) atoms. The highest BCUT2D eigenvalue weighted by atomic mass is 19.1. The number of aromatic nitrogens is 2. The maximum atomic E-state index is 13.5. The van der Waals surface area contributed by atoms with Gasteiger partial charge in [-0.1, -0.05) is 30.3 Å². The second kappa shape index (κ2) is 9.39. The van der Waals surface area contributed by atoms with E-state index in [1.165, 1.54) is 24.3 Å². The van der Waals surface area contributed by atoms with Crippen molar-refractivity contribution in [3.05, 3.63) is 101 Å². The van der Waals surface area contributed by atoms with Crippen LogP contribution in [0.2, 0.25) is 0 Å². The molecule has 170 valence electrons. The Balaban J connectivity index is 1.29. The number of hydrogen-bond donors (Lipinski definition) is 3. The molecule has 4 aromatic rings. The van der Waals surface area contributed by atoms with E-state index in [0.29, 0.717) is 19.6 Å². The summed E-state index contributed by atoms with van der Waals surface area (Å²) in [7, 11) is 0. The van der Waals surface area contributed by atoms with E-state index < -0.39 is 6.10 Å². The first-order chi connectivity index (χ1) is 16.1. The molecule has 3 unspecified atom stereocenters. The van der Waals surface area contributed by atoms with Gasteiger partial charge in [0.15, 0.2) is 0 Å². The van der Waals surface area contributed by atoms with Crippen LogP contribution in [0.3, 0.4) is 0 Å². The van der Waals surface area contributed by atoms with Crippen LogP contribution in [0.5, 0.6) is 0 Å². The van der Waals surface area contributed by atoms with E-state index >= 15 is 0 Å². The van der Waals surface area contributed by atoms with Crippen LogP contribution in [-0.4, -0.2) is 39.9 Å². The van der Waals surface area contributed by atoms with E-state index in [-0.39, 0.29) is 29.7 Å². The molecule has 3 aromatic carbocycles. The Morgan fingerprint density at radius 1 is 1.00 bits per heavy atom. The molecule has 7 heteroatoms. The van der Waals surface area contributed by atoms with Crippen LogP contribution < -0.4 is 5.32 Å². The van der Waals surface area contributed by atoms with Gasteiger partial charge >= 0.3 is 0 Å². The molecule has 1 aromatic heterocycles. The summed E-state index contributed by atoms with van der Waals surface area (Å²) in [4.78, 5) is 7.36. The van der Waals surface area contributed by atoms with Crippen LogP contribution in [0.4, 0.5) is 8.78 Å². The number of nitrogens with zero attached hydrogens (tertiary/aromatic N) is 1. The Kier molecular flexibility index (Phi) is 6.17. The smallest absolute Gasteiger partial charge is 0.123 e. The van der Waals surface area contributed by atoms with E-state index in [1.807, 2.05) is 18.2 Å². The van der Waals surface area contributed by atoms with Gasteiger partial charge in [-0.05, 0) is 53.1 Å². The average molecular weight is 450 g/mol. The quantitative estimate of drug-likeness (QED) is 0.411. The molecule has 0 bridgehead atoms. The number of aromatic amines is 1. The predicted molar refractivity (Wildman–Crippen MR) is 122 cm³/mol. The number of H-pyrrole nitrogens is 1. The lowest BCUT2D eigenvalue weighted by atomic mass is 9.82. The van der Waals surface area contributed by atoms with Gasteiger partial charge in [-0.3, -0.25) is 0 Å². The zero-order valence-corrected chi connectivity index (χ0v) is 17.9. The summed E-state index contributed by atoms with van der Waals surface area (Å²) in [5, 5.41) is 14.3. The molecular formula is C26H25F2N3O2. The maximum absolute atomic E-state index is 13.5. The number of aliphatic hydroxyl groups excluding tert-OH is 1. The van der Waals surface area contributed by atoms with Gasteiger partial charge in [-0.15, -0.1) is 0 Å². The first-order valence-corrected chi connectivity index (χ1v) is 11.0. The number of rotatable bonds is 6. The van der Waals surface area contributed by atoms with Crippen LogP contribution in [0, 0.1) is 11.6 Å². The first-order valence-electron chi connectivity index (χ1n) is 11.0. The molecule has 1 fully saturated rings. The minimum Gasteiger partial charge on any atom is -0.391 e. The third-order valence-corrected chi connectivity index (χ3v) is 6.31. The van der Waals surface area contributed by atoms with Crippen molar-refractivity contribution in [2.24, 2.45) is 0 Å². The molecule has 0 spiro atoms. The van der Waals surface area contributed by atoms with Crippen LogP contribution >= 0.6 is 0 Å². The van der Waals surface area contributed by atoms with Crippen LogP contribution in [0.15, 0.2) is 73.1 Å². The lowest BCUT2D eigenvalue weighted by Gasteiger charge is -2.38. The highest BCUT2D eigenvalue weighted by Crippen LogP contribution is 2.35. The highest BCUT2D eigenvalue weighted by molar-refractivity contribution is 5.75. The molecule has 1 saturated heterocycles. The Morgan fingerprint density at radius 2 is 1.67 bits per heavy atom. The van der Waals surface area contributed by atoms with Crippen LogP contribution in [0.25, 0.3) is 11.0 Å². The predicted octanol–water partition coefficient (Wildman–Crippen LogP) is 4.28. The summed E-state index contributed by atoms with van der Waals surface area (Å²) in [6.45, 7) is 0.910. The van der Waals surface area contributed by atoms with Crippen molar-refractivity contribution in [2.75, 3.05) is 6.61 Å². The lowest BCUT2D eigenvalue weighted by molar-refractivity contribution is -0.0718. The summed E-state index contributed by atoms with van der Waals surface area (Å²) in [6, 6.07) is 18.3. The van der Waals surface area contributed by atoms with Gasteiger partial charge in [0, 0.05) is 18.9 Å². The minimum atomic E-state index is -0.624. The minimum absolute atomic E-state index is 0.224. The van der Waals surface area contributed by atoms with Crippen molar-refractivity contribution in [2.45, 2.75) is 37.1 Å². The van der Waals surface area contributed by atoms with Crippen molar-refractivity contribution in [1.82, 2.24) is 15.3 Å². The van der Waals surface area contributed by atoms with Crippen LogP contribution in [0.1, 0.15) is 29.0 Å². The van der Waals surface area contributed by atoms with Crippen LogP contribution in [-0.2, 0) is 11.3 Å². The van der Waals surface area contributed by atoms with Crippen molar-refractivity contribution >= 4 is 11.0 Å². The summed E-state index contributed by atoms with van der Waals surface area (Å²) < 4.78 is 33.2. The molecule has 0 amide bonds. The highest BCUT2D eigenvalue weighted by Gasteiger charge is 2.35. The Labute approximate surface area is 190 Å². The number of nitrogens with one attached hydrogen (secondary N) is 2. The van der Waals surface area contributed by atoms with Gasteiger partial charge in [0.2, 0.25) is 0 Å². The number of halogens is 2. The maximum Gasteiger partial charge on any atom is 0.123 e. The molecule has 3 atom stereocenters. The second-order valence-corrected chi connectivity index (χ2v) is 8.50. The number of ether oxygens (including phenoxy) is 1. The summed E-state index contributed by atoms with van der Waals surface area (Å²) in [5.74, 6) is -0.888. The monoisotopic (exact) mass is 449 g/mol. The van der Waals surface area contributed by atoms with Gasteiger partial charge < -0.3 is 20.1 Å². The lowest BCUT2D eigenvalue weighted by Crippen LogP contribution is -2.50. The Bertz CT molecular complexity index is 1160. The van der Waals surface area contributed by atoms with E-state index in [2.05, 4.69) is 15.3 Å². The average Bonchev–Trinajstić information content (AvgIpc) is 3.29. The normalized spacial score (nSPS) is 21.0. The fourth-order valence-corrected chi connectivity index (χ4v) is 4.53. The topological polar surface area (TPSA) is 70.2 Å². The zero-order chi connectivity index (χ0) is 22.8. The molecular weight excluding hydrogens is 424 g/mol. The van der Waals surface area contributed by atoms with Gasteiger partial charge in [0.1, 0.15) is 11.6 Å². The van der Waals surface area contributed by atoms with Gasteiger partial charge in [-0.2, -0.15) is 0 Å². The zero-order valence-electron chi connectivity index (χ0n) is 17.9. The standard InChI is InChI=1S/C26H25F2N3O2/c27-19-6-2-17(3-7-19)26(18-4-8-20(28)9-5-18)25-12-24(32)23(14-33-25)29-13-16-1-10-21-22(11-16)31-15-30-21/h1-11,15,23-26,29,32H,12-14H2,(H,30,31). The number of benzene rings is 3. The van der Waals surface area contributed by atoms with E-state index in [4.69, 9.17) is 4.74 Å². The molecule has 0 aliphatic carbocycles. The van der Waals surface area contributed by atoms with Crippen molar-refractivity contribution in [1.29, 1.82) is 0 Å². The summed E-state index contributed by atoms with van der Waals surface area (Å²) >= 11 is 0. The third kappa shape index (κ3) is 4.80. The molecule has 0 saturated carbocycles. The second-order valence-electron chi connectivity index (χ2n) is 8.50. The summed E-state index contributed by atoms with van der Waals surface area (Å²) in [6.07, 6.45) is 1.12. The number of aliphatic hydroxyl groups is 1. The number of hydrogen-bond acceptors (Lipinski definition) is 4. The van der Waals surface area contributed by atoms with E-state index in [9.17, 15) is 13.9 Å². The van der Waals surface area contributed by atoms with E-state index in [1.54, 1.807) is 30.6 Å². The molecule has 2 heterocycles. The summed E-state index contributed by atoms with van der Waals surface area (Å²) in [5.41, 5.74) is 4.67. The largest absolute Gasteiger partial charge is 0.391 e. The molecule has 1 aliphatic heterocycles. The third-order valence-electron chi connectivity index (χ3n) is 6.31. The molecule has 3 N–H and O–H groups in total. The van der Waals surface area contributed by atoms with Gasteiger partial charge in [-0.25, -0.2) is 13.8 Å². The SMILES string of the molecule is OC1CC(C(c2ccc(F)cc2)c2ccc(F)cc2)OCC1NCc1ccc2[nH]cnc2c1. The van der Waals surface area contributed by atoms with Gasteiger partial charge in [0.05, 0.1) is 42.2 Å². The van der Waals surface area contributed by atoms with Crippen molar-refractivity contribution in [3.8, 4) is 0 Å². The Hall–Kier alpha value is -3.13.